The number of aliphatic imine (C=N–C) groups is 1. The number of para-hydroxylation sites is 1. The Hall–Kier alpha value is -1.39. The number of rotatable bonds is 4. The van der Waals surface area contributed by atoms with E-state index in [2.05, 4.69) is 11.7 Å². The molecule has 1 rings (SSSR count). The monoisotopic (exact) mass is 249 g/mol. The van der Waals surface area contributed by atoms with Crippen LogP contribution in [0.4, 0.5) is 0 Å². The van der Waals surface area contributed by atoms with E-state index in [0.717, 1.165) is 5.56 Å². The van der Waals surface area contributed by atoms with E-state index in [4.69, 9.17) is 4.84 Å². The maximum Gasteiger partial charge on any atom is 0.151 e. The molecule has 0 fully saturated rings. The highest BCUT2D eigenvalue weighted by Gasteiger charge is 2.24. The molecule has 0 spiro atoms. The van der Waals surface area contributed by atoms with Crippen LogP contribution in [0.2, 0.25) is 0 Å². The maximum atomic E-state index is 11.8. The Bertz CT molecular complexity index is 422. The molecule has 100 valence electrons. The number of benzene rings is 1. The SMILES string of the molecule is C=NC(C)(C)c1ccccc1ON([O-])C(C)(C)C. The first-order valence-electron chi connectivity index (χ1n) is 5.91. The second-order valence-corrected chi connectivity index (χ2v) is 5.73. The molecule has 4 heteroatoms. The summed E-state index contributed by atoms with van der Waals surface area (Å²) in [7, 11) is 0. The summed E-state index contributed by atoms with van der Waals surface area (Å²) in [5, 5.41) is 12.5. The van der Waals surface area contributed by atoms with Crippen LogP contribution in [-0.2, 0) is 5.54 Å². The lowest BCUT2D eigenvalue weighted by Gasteiger charge is -2.40. The van der Waals surface area contributed by atoms with Crippen LogP contribution in [0.3, 0.4) is 0 Å². The van der Waals surface area contributed by atoms with E-state index in [-0.39, 0.29) is 0 Å². The number of hydrogen-bond acceptors (Lipinski definition) is 4. The van der Waals surface area contributed by atoms with Crippen molar-refractivity contribution >= 4 is 6.72 Å². The summed E-state index contributed by atoms with van der Waals surface area (Å²) in [4.78, 5) is 9.46. The predicted molar refractivity (Wildman–Crippen MR) is 74.6 cm³/mol. The quantitative estimate of drug-likeness (QED) is 0.606. The van der Waals surface area contributed by atoms with Gasteiger partial charge in [-0.3, -0.25) is 4.99 Å². The summed E-state index contributed by atoms with van der Waals surface area (Å²) >= 11 is 0. The van der Waals surface area contributed by atoms with Gasteiger partial charge in [-0.2, -0.15) is 0 Å². The topological polar surface area (TPSA) is 47.9 Å². The first kappa shape index (κ1) is 14.7. The van der Waals surface area contributed by atoms with Gasteiger partial charge in [0.25, 0.3) is 0 Å². The molecule has 0 saturated heterocycles. The predicted octanol–water partition coefficient (Wildman–Crippen LogP) is 3.51. The molecule has 0 aromatic heterocycles. The highest BCUT2D eigenvalue weighted by molar-refractivity contribution is 5.40. The normalized spacial score (nSPS) is 12.6. The summed E-state index contributed by atoms with van der Waals surface area (Å²) in [5.41, 5.74) is -0.265. The Balaban J connectivity index is 3.08. The number of hydrogen-bond donors (Lipinski definition) is 0. The van der Waals surface area contributed by atoms with Crippen LogP contribution in [0.5, 0.6) is 5.75 Å². The van der Waals surface area contributed by atoms with Crippen molar-refractivity contribution in [3.63, 3.8) is 0 Å². The molecule has 0 heterocycles. The molecule has 1 aromatic carbocycles. The van der Waals surface area contributed by atoms with Gasteiger partial charge in [0.05, 0.1) is 5.54 Å². The average molecular weight is 249 g/mol. The first-order valence-corrected chi connectivity index (χ1v) is 5.91. The third-order valence-corrected chi connectivity index (χ3v) is 2.67. The molecular formula is C14H21N2O2-. The zero-order chi connectivity index (χ0) is 14.0. The molecule has 0 atom stereocenters. The Labute approximate surface area is 109 Å². The smallest absolute Gasteiger partial charge is 0.151 e. The highest BCUT2D eigenvalue weighted by atomic mass is 16.9. The van der Waals surface area contributed by atoms with Gasteiger partial charge < -0.3 is 10.0 Å². The number of hydroxylamine groups is 2. The van der Waals surface area contributed by atoms with Crippen LogP contribution in [0.25, 0.3) is 0 Å². The molecule has 0 radical (unpaired) electrons. The minimum Gasteiger partial charge on any atom is -0.752 e. The van der Waals surface area contributed by atoms with Crippen molar-refractivity contribution in [3.05, 3.63) is 35.0 Å². The van der Waals surface area contributed by atoms with Crippen molar-refractivity contribution in [2.24, 2.45) is 4.99 Å². The molecule has 1 aromatic rings. The van der Waals surface area contributed by atoms with E-state index < -0.39 is 11.1 Å². The Kier molecular flexibility index (Phi) is 4.14. The van der Waals surface area contributed by atoms with Crippen molar-refractivity contribution in [1.82, 2.24) is 5.23 Å². The van der Waals surface area contributed by atoms with Crippen LogP contribution in [0.1, 0.15) is 40.2 Å². The molecule has 4 nitrogen and oxygen atoms in total. The van der Waals surface area contributed by atoms with Gasteiger partial charge in [-0.15, -0.1) is 0 Å². The van der Waals surface area contributed by atoms with E-state index in [1.165, 1.54) is 0 Å². The Morgan fingerprint density at radius 1 is 1.17 bits per heavy atom. The van der Waals surface area contributed by atoms with Gasteiger partial charge in [-0.25, -0.2) is 5.23 Å². The van der Waals surface area contributed by atoms with E-state index >= 15 is 0 Å². The summed E-state index contributed by atoms with van der Waals surface area (Å²) in [6.07, 6.45) is 0. The standard InChI is InChI=1S/C14H21N2O2/c1-13(2,3)16(17)18-12-10-8-7-9-11(12)14(4,5)15-6/h7-10H,6H2,1-5H3/q-1. The van der Waals surface area contributed by atoms with Crippen molar-refractivity contribution in [2.45, 2.75) is 45.7 Å². The Morgan fingerprint density at radius 3 is 2.22 bits per heavy atom. The molecule has 0 bridgehead atoms. The second kappa shape index (κ2) is 5.08. The van der Waals surface area contributed by atoms with E-state index in [9.17, 15) is 5.21 Å². The zero-order valence-corrected chi connectivity index (χ0v) is 11.7. The first-order chi connectivity index (χ1) is 8.18. The van der Waals surface area contributed by atoms with E-state index in [1.807, 2.05) is 32.0 Å². The van der Waals surface area contributed by atoms with Gasteiger partial charge in [-0.1, -0.05) is 18.2 Å². The van der Waals surface area contributed by atoms with Gasteiger partial charge in [0, 0.05) is 11.1 Å². The van der Waals surface area contributed by atoms with Crippen LogP contribution in [0, 0.1) is 5.21 Å². The molecule has 0 N–H and O–H groups in total. The zero-order valence-electron chi connectivity index (χ0n) is 11.7. The minimum atomic E-state index is -0.612. The molecule has 0 aliphatic heterocycles. The van der Waals surface area contributed by atoms with Crippen molar-refractivity contribution in [2.75, 3.05) is 0 Å². The van der Waals surface area contributed by atoms with Crippen molar-refractivity contribution in [3.8, 4) is 5.75 Å². The van der Waals surface area contributed by atoms with Crippen LogP contribution < -0.4 is 4.84 Å². The van der Waals surface area contributed by atoms with Crippen LogP contribution in [-0.4, -0.2) is 17.5 Å². The van der Waals surface area contributed by atoms with E-state index in [1.54, 1.807) is 26.8 Å². The van der Waals surface area contributed by atoms with Gasteiger partial charge in [0.15, 0.2) is 5.75 Å². The average Bonchev–Trinajstić information content (AvgIpc) is 2.28. The van der Waals surface area contributed by atoms with Gasteiger partial charge in [0.2, 0.25) is 0 Å². The maximum absolute atomic E-state index is 11.8. The molecule has 0 amide bonds. The fourth-order valence-corrected chi connectivity index (χ4v) is 1.36. The summed E-state index contributed by atoms with van der Waals surface area (Å²) in [6, 6.07) is 7.37. The second-order valence-electron chi connectivity index (χ2n) is 5.73. The van der Waals surface area contributed by atoms with E-state index in [0.29, 0.717) is 11.0 Å². The summed E-state index contributed by atoms with van der Waals surface area (Å²) in [6.45, 7) is 12.8. The molecule has 18 heavy (non-hydrogen) atoms. The lowest BCUT2D eigenvalue weighted by Crippen LogP contribution is -2.39. The molecule has 0 saturated carbocycles. The lowest BCUT2D eigenvalue weighted by atomic mass is 9.94. The molecule has 0 aliphatic carbocycles. The third-order valence-electron chi connectivity index (χ3n) is 2.67. The molecule has 0 unspecified atom stereocenters. The summed E-state index contributed by atoms with van der Waals surface area (Å²) in [5.74, 6) is 0.514. The van der Waals surface area contributed by atoms with Crippen LogP contribution >= 0.6 is 0 Å². The van der Waals surface area contributed by atoms with Gasteiger partial charge >= 0.3 is 0 Å². The third kappa shape index (κ3) is 3.31. The minimum absolute atomic E-state index is 0.491. The van der Waals surface area contributed by atoms with Crippen LogP contribution in [0.15, 0.2) is 29.3 Å². The van der Waals surface area contributed by atoms with Crippen molar-refractivity contribution in [1.29, 1.82) is 0 Å². The fourth-order valence-electron chi connectivity index (χ4n) is 1.36. The van der Waals surface area contributed by atoms with Gasteiger partial charge in [0.1, 0.15) is 0 Å². The fraction of sp³-hybridized carbons (Fsp3) is 0.500. The Morgan fingerprint density at radius 2 is 1.72 bits per heavy atom. The lowest BCUT2D eigenvalue weighted by molar-refractivity contribution is -0.0803. The summed E-state index contributed by atoms with van der Waals surface area (Å²) < 4.78 is 0. The largest absolute Gasteiger partial charge is 0.752 e. The van der Waals surface area contributed by atoms with Gasteiger partial charge in [-0.05, 0) is 47.4 Å². The molecular weight excluding hydrogens is 228 g/mol. The number of nitrogens with zero attached hydrogens (tertiary/aromatic N) is 2. The highest BCUT2D eigenvalue weighted by Crippen LogP contribution is 2.33. The van der Waals surface area contributed by atoms with Crippen molar-refractivity contribution < 1.29 is 4.84 Å². The molecule has 0 aliphatic rings.